The van der Waals surface area contributed by atoms with Crippen LogP contribution in [0.2, 0.25) is 0 Å². The van der Waals surface area contributed by atoms with Gasteiger partial charge in [0.25, 0.3) is 0 Å². The number of hydrogen-bond acceptors (Lipinski definition) is 2. The highest BCUT2D eigenvalue weighted by Crippen LogP contribution is 2.06. The smallest absolute Gasteiger partial charge is 0.119 e. The summed E-state index contributed by atoms with van der Waals surface area (Å²) in [4.78, 5) is 9.89. The highest BCUT2D eigenvalue weighted by atomic mass is 16.2. The summed E-state index contributed by atoms with van der Waals surface area (Å²) in [6, 6.07) is 0. The van der Waals surface area contributed by atoms with E-state index in [9.17, 15) is 4.79 Å². The molecule has 0 fully saturated rings. The number of carbonyl (C=O) groups excluding carboxylic acids is 1. The van der Waals surface area contributed by atoms with Crippen LogP contribution in [0, 0.1) is 0 Å². The summed E-state index contributed by atoms with van der Waals surface area (Å²) in [5.41, 5.74) is 0. The lowest BCUT2D eigenvalue weighted by molar-refractivity contribution is -0.107. The van der Waals surface area contributed by atoms with Gasteiger partial charge in [0.05, 0.1) is 0 Å². The molecule has 0 saturated carbocycles. The average molecular weight is 286 g/mol. The molecular weight excluding hydrogens is 248 g/mol. The molecule has 0 spiro atoms. The first-order valence-electron chi connectivity index (χ1n) is 8.87. The molecule has 1 N–H and O–H groups in total. The Morgan fingerprint density at radius 3 is 1.45 bits per heavy atom. The zero-order chi connectivity index (χ0) is 15.3. The Morgan fingerprint density at radius 1 is 0.650 bits per heavy atom. The Hall–Kier alpha value is -0.370. The zero-order valence-electron chi connectivity index (χ0n) is 14.0. The summed E-state index contributed by atoms with van der Waals surface area (Å²) in [6.45, 7) is 4.81. The summed E-state index contributed by atoms with van der Waals surface area (Å²) in [5.74, 6) is 0. The van der Waals surface area contributed by atoms with Crippen LogP contribution in [0.3, 0.4) is 0 Å². The van der Waals surface area contributed by atoms with Gasteiger partial charge in [-0.05, 0) is 12.8 Å². The van der Waals surface area contributed by atoms with Crippen LogP contribution in [0.25, 0.3) is 0 Å². The van der Waals surface area contributed by atoms with Crippen molar-refractivity contribution >= 4 is 6.29 Å². The fraction of sp³-hybridized carbons (Fsp3) is 0.944. The van der Waals surface area contributed by atoms with E-state index >= 15 is 0 Å². The van der Waals surface area contributed by atoms with Gasteiger partial charge in [0.1, 0.15) is 6.29 Å². The fourth-order valence-corrected chi connectivity index (χ4v) is 2.08. The molecule has 0 saturated heterocycles. The molecule has 0 unspecified atom stereocenters. The second-order valence-corrected chi connectivity index (χ2v) is 5.57. The molecule has 0 aliphatic carbocycles. The number of aldehydes is 1. The van der Waals surface area contributed by atoms with E-state index in [0.717, 1.165) is 25.5 Å². The van der Waals surface area contributed by atoms with E-state index in [2.05, 4.69) is 13.8 Å². The lowest BCUT2D eigenvalue weighted by Crippen LogP contribution is -1.83. The maximum absolute atomic E-state index is 9.89. The standard InChI is InChI=1S/C9H20O.C9H18O/c2*1-2-3-4-5-6-7-8-9-10/h10H,2-9H2,1H3;9H,2-8H2,1H3. The molecule has 0 aliphatic heterocycles. The van der Waals surface area contributed by atoms with Crippen molar-refractivity contribution in [2.45, 2.75) is 104 Å². The van der Waals surface area contributed by atoms with Crippen molar-refractivity contribution in [2.75, 3.05) is 6.61 Å². The van der Waals surface area contributed by atoms with Crippen LogP contribution in [0.5, 0.6) is 0 Å². The molecule has 2 nitrogen and oxygen atoms in total. The molecular formula is C18H38O2. The molecule has 0 aromatic carbocycles. The predicted molar refractivity (Wildman–Crippen MR) is 89.1 cm³/mol. The van der Waals surface area contributed by atoms with E-state index in [1.807, 2.05) is 0 Å². The fourth-order valence-electron chi connectivity index (χ4n) is 2.08. The van der Waals surface area contributed by atoms with Crippen molar-refractivity contribution in [1.82, 2.24) is 0 Å². The first kappa shape index (κ1) is 21.9. The maximum Gasteiger partial charge on any atom is 0.119 e. The van der Waals surface area contributed by atoms with Crippen molar-refractivity contribution in [3.8, 4) is 0 Å². The molecule has 0 aromatic rings. The highest BCUT2D eigenvalue weighted by Gasteiger charge is 1.88. The van der Waals surface area contributed by atoms with E-state index in [1.54, 1.807) is 0 Å². The molecule has 0 heterocycles. The normalized spacial score (nSPS) is 9.95. The van der Waals surface area contributed by atoms with E-state index in [4.69, 9.17) is 5.11 Å². The molecule has 0 amide bonds. The average Bonchev–Trinajstić information content (AvgIpc) is 2.47. The van der Waals surface area contributed by atoms with Crippen LogP contribution in [0.15, 0.2) is 0 Å². The van der Waals surface area contributed by atoms with Gasteiger partial charge in [-0.25, -0.2) is 0 Å². The van der Waals surface area contributed by atoms with Gasteiger partial charge in [-0.2, -0.15) is 0 Å². The topological polar surface area (TPSA) is 37.3 Å². The largest absolute Gasteiger partial charge is 0.396 e. The molecule has 0 bridgehead atoms. The molecule has 20 heavy (non-hydrogen) atoms. The maximum atomic E-state index is 9.89. The van der Waals surface area contributed by atoms with Crippen LogP contribution in [0.1, 0.15) is 104 Å². The van der Waals surface area contributed by atoms with Gasteiger partial charge in [-0.15, -0.1) is 0 Å². The molecule has 122 valence electrons. The third kappa shape index (κ3) is 26.2. The van der Waals surface area contributed by atoms with Gasteiger partial charge >= 0.3 is 0 Å². The van der Waals surface area contributed by atoms with E-state index in [-0.39, 0.29) is 0 Å². The summed E-state index contributed by atoms with van der Waals surface area (Å²) in [7, 11) is 0. The summed E-state index contributed by atoms with van der Waals surface area (Å²) < 4.78 is 0. The second kappa shape index (κ2) is 23.7. The SMILES string of the molecule is CCCCCCCCC=O.CCCCCCCCCO. The number of unbranched alkanes of at least 4 members (excludes halogenated alkanes) is 12. The number of aliphatic hydroxyl groups is 1. The van der Waals surface area contributed by atoms with Crippen molar-refractivity contribution in [1.29, 1.82) is 0 Å². The van der Waals surface area contributed by atoms with Gasteiger partial charge in [0.2, 0.25) is 0 Å². The third-order valence-electron chi connectivity index (χ3n) is 3.44. The van der Waals surface area contributed by atoms with Gasteiger partial charge in [0, 0.05) is 13.0 Å². The molecule has 0 atom stereocenters. The van der Waals surface area contributed by atoms with Crippen molar-refractivity contribution in [3.05, 3.63) is 0 Å². The monoisotopic (exact) mass is 286 g/mol. The predicted octanol–water partition coefficient (Wildman–Crippen LogP) is 5.67. The first-order chi connectivity index (χ1) is 9.83. The number of rotatable bonds is 14. The van der Waals surface area contributed by atoms with Crippen molar-refractivity contribution in [3.63, 3.8) is 0 Å². The number of hydrogen-bond donors (Lipinski definition) is 1. The van der Waals surface area contributed by atoms with Crippen LogP contribution in [0.4, 0.5) is 0 Å². The van der Waals surface area contributed by atoms with E-state index in [0.29, 0.717) is 6.61 Å². The number of carbonyl (C=O) groups is 1. The summed E-state index contributed by atoms with van der Waals surface area (Å²) >= 11 is 0. The molecule has 0 aromatic heterocycles. The first-order valence-corrected chi connectivity index (χ1v) is 8.87. The van der Waals surface area contributed by atoms with Crippen molar-refractivity contribution in [2.24, 2.45) is 0 Å². The Balaban J connectivity index is 0. The van der Waals surface area contributed by atoms with E-state index in [1.165, 1.54) is 70.6 Å². The summed E-state index contributed by atoms with van der Waals surface area (Å²) in [5, 5.41) is 8.47. The van der Waals surface area contributed by atoms with E-state index < -0.39 is 0 Å². The second-order valence-electron chi connectivity index (χ2n) is 5.57. The quantitative estimate of drug-likeness (QED) is 0.330. The van der Waals surface area contributed by atoms with Crippen LogP contribution in [-0.2, 0) is 4.79 Å². The van der Waals surface area contributed by atoms with Crippen LogP contribution in [-0.4, -0.2) is 18.0 Å². The molecule has 2 heteroatoms. The van der Waals surface area contributed by atoms with Gasteiger partial charge in [-0.3, -0.25) is 0 Å². The molecule has 0 radical (unpaired) electrons. The minimum Gasteiger partial charge on any atom is -0.396 e. The Bertz CT molecular complexity index is 149. The van der Waals surface area contributed by atoms with Gasteiger partial charge in [-0.1, -0.05) is 84.5 Å². The Labute approximate surface area is 127 Å². The van der Waals surface area contributed by atoms with Crippen LogP contribution < -0.4 is 0 Å². The third-order valence-corrected chi connectivity index (χ3v) is 3.44. The zero-order valence-corrected chi connectivity index (χ0v) is 14.0. The Morgan fingerprint density at radius 2 is 1.05 bits per heavy atom. The summed E-state index contributed by atoms with van der Waals surface area (Å²) in [6.07, 6.45) is 18.3. The van der Waals surface area contributed by atoms with Gasteiger partial charge in [0.15, 0.2) is 0 Å². The molecule has 0 aliphatic rings. The van der Waals surface area contributed by atoms with Crippen molar-refractivity contribution < 1.29 is 9.90 Å². The highest BCUT2D eigenvalue weighted by molar-refractivity contribution is 5.48. The Kier molecular flexibility index (Phi) is 26.0. The van der Waals surface area contributed by atoms with Crippen LogP contribution >= 0.6 is 0 Å². The lowest BCUT2D eigenvalue weighted by Gasteiger charge is -1.97. The lowest BCUT2D eigenvalue weighted by atomic mass is 10.1. The minimum atomic E-state index is 0.369. The minimum absolute atomic E-state index is 0.369. The van der Waals surface area contributed by atoms with Gasteiger partial charge < -0.3 is 9.90 Å². The molecule has 0 rings (SSSR count). The number of aliphatic hydroxyl groups excluding tert-OH is 1.